The first-order valence-electron chi connectivity index (χ1n) is 6.60. The van der Waals surface area contributed by atoms with Gasteiger partial charge in [-0.15, -0.1) is 0 Å². The van der Waals surface area contributed by atoms with Crippen LogP contribution in [0.5, 0.6) is 0 Å². The molecule has 112 valence electrons. The summed E-state index contributed by atoms with van der Waals surface area (Å²) in [7, 11) is -2.04. The van der Waals surface area contributed by atoms with Crippen molar-refractivity contribution in [3.8, 4) is 0 Å². The minimum atomic E-state index is -3.59. The van der Waals surface area contributed by atoms with E-state index in [1.54, 1.807) is 7.05 Å². The van der Waals surface area contributed by atoms with Gasteiger partial charge in [0.05, 0.1) is 5.92 Å². The SMILES string of the molecule is CCC(C)(C)N(C)S(=O)(=O)N1CCCC(C(=O)O)C1. The number of hydrogen-bond donors (Lipinski definition) is 1. The van der Waals surface area contributed by atoms with Gasteiger partial charge < -0.3 is 5.11 Å². The summed E-state index contributed by atoms with van der Waals surface area (Å²) in [6.45, 7) is 6.13. The van der Waals surface area contributed by atoms with Gasteiger partial charge in [-0.05, 0) is 33.1 Å². The molecule has 7 heteroatoms. The van der Waals surface area contributed by atoms with Crippen LogP contribution < -0.4 is 0 Å². The number of aliphatic carboxylic acids is 1. The summed E-state index contributed by atoms with van der Waals surface area (Å²) in [5.74, 6) is -1.51. The third-order valence-electron chi connectivity index (χ3n) is 4.12. The Bertz CT molecular complexity index is 433. The molecule has 1 atom stereocenters. The number of piperidine rings is 1. The molecule has 0 bridgehead atoms. The fourth-order valence-corrected chi connectivity index (χ4v) is 3.89. The lowest BCUT2D eigenvalue weighted by molar-refractivity contribution is -0.142. The predicted octanol–water partition coefficient (Wildman–Crippen LogP) is 1.15. The molecule has 1 unspecified atom stereocenters. The molecule has 0 saturated carbocycles. The summed E-state index contributed by atoms with van der Waals surface area (Å²) in [4.78, 5) is 11.0. The third kappa shape index (κ3) is 3.46. The lowest BCUT2D eigenvalue weighted by Gasteiger charge is -2.39. The highest BCUT2D eigenvalue weighted by atomic mass is 32.2. The Hall–Kier alpha value is -0.660. The lowest BCUT2D eigenvalue weighted by Crippen LogP contribution is -2.53. The van der Waals surface area contributed by atoms with Crippen molar-refractivity contribution >= 4 is 16.2 Å². The van der Waals surface area contributed by atoms with Crippen LogP contribution in [0.4, 0.5) is 0 Å². The van der Waals surface area contributed by atoms with Crippen LogP contribution in [-0.2, 0) is 15.0 Å². The molecule has 1 saturated heterocycles. The number of carbonyl (C=O) groups is 1. The van der Waals surface area contributed by atoms with E-state index in [1.165, 1.54) is 8.61 Å². The first-order chi connectivity index (χ1) is 8.63. The zero-order valence-electron chi connectivity index (χ0n) is 12.1. The smallest absolute Gasteiger partial charge is 0.307 e. The maximum Gasteiger partial charge on any atom is 0.307 e. The topological polar surface area (TPSA) is 77.9 Å². The Morgan fingerprint density at radius 1 is 1.47 bits per heavy atom. The monoisotopic (exact) mass is 292 g/mol. The van der Waals surface area contributed by atoms with Crippen LogP contribution in [0.25, 0.3) is 0 Å². The average Bonchev–Trinajstić information content (AvgIpc) is 2.37. The second-order valence-corrected chi connectivity index (χ2v) is 7.64. The van der Waals surface area contributed by atoms with E-state index in [0.717, 1.165) is 0 Å². The van der Waals surface area contributed by atoms with Crippen molar-refractivity contribution in [2.24, 2.45) is 5.92 Å². The van der Waals surface area contributed by atoms with E-state index < -0.39 is 27.6 Å². The van der Waals surface area contributed by atoms with Gasteiger partial charge in [-0.25, -0.2) is 0 Å². The quantitative estimate of drug-likeness (QED) is 0.824. The van der Waals surface area contributed by atoms with Crippen molar-refractivity contribution in [1.82, 2.24) is 8.61 Å². The highest BCUT2D eigenvalue weighted by molar-refractivity contribution is 7.86. The molecule has 1 heterocycles. The summed E-state index contributed by atoms with van der Waals surface area (Å²) in [5, 5.41) is 9.03. The molecular weight excluding hydrogens is 268 g/mol. The number of carboxylic acids is 1. The number of nitrogens with zero attached hydrogens (tertiary/aromatic N) is 2. The summed E-state index contributed by atoms with van der Waals surface area (Å²) < 4.78 is 27.7. The van der Waals surface area contributed by atoms with Crippen molar-refractivity contribution in [2.75, 3.05) is 20.1 Å². The van der Waals surface area contributed by atoms with Crippen molar-refractivity contribution in [2.45, 2.75) is 45.6 Å². The van der Waals surface area contributed by atoms with E-state index in [4.69, 9.17) is 5.11 Å². The van der Waals surface area contributed by atoms with Gasteiger partial charge in [-0.1, -0.05) is 6.92 Å². The standard InChI is InChI=1S/C12H24N2O4S/c1-5-12(2,3)13(4)19(17,18)14-8-6-7-10(9-14)11(15)16/h10H,5-9H2,1-4H3,(H,15,16). The predicted molar refractivity (Wildman–Crippen MR) is 73.0 cm³/mol. The van der Waals surface area contributed by atoms with Crippen LogP contribution in [0.3, 0.4) is 0 Å². The highest BCUT2D eigenvalue weighted by Gasteiger charge is 2.39. The van der Waals surface area contributed by atoms with Crippen LogP contribution >= 0.6 is 0 Å². The summed E-state index contributed by atoms with van der Waals surface area (Å²) in [6.07, 6.45) is 1.83. The van der Waals surface area contributed by atoms with E-state index in [1.807, 2.05) is 20.8 Å². The number of carboxylic acid groups (broad SMARTS) is 1. The molecule has 1 aliphatic rings. The molecule has 1 N–H and O–H groups in total. The molecule has 0 aromatic heterocycles. The molecule has 1 fully saturated rings. The summed E-state index contributed by atoms with van der Waals surface area (Å²) >= 11 is 0. The van der Waals surface area contributed by atoms with Crippen LogP contribution in [0, 0.1) is 5.92 Å². The Balaban J connectivity index is 2.91. The molecule has 19 heavy (non-hydrogen) atoms. The van der Waals surface area contributed by atoms with E-state index in [-0.39, 0.29) is 6.54 Å². The van der Waals surface area contributed by atoms with Crippen LogP contribution in [-0.4, -0.2) is 53.8 Å². The molecule has 1 rings (SSSR count). The normalized spacial score (nSPS) is 22.7. The van der Waals surface area contributed by atoms with Gasteiger partial charge in [0.2, 0.25) is 0 Å². The van der Waals surface area contributed by atoms with Crippen molar-refractivity contribution in [3.63, 3.8) is 0 Å². The van der Waals surface area contributed by atoms with Gasteiger partial charge in [0.15, 0.2) is 0 Å². The van der Waals surface area contributed by atoms with E-state index in [0.29, 0.717) is 25.8 Å². The van der Waals surface area contributed by atoms with Crippen LogP contribution in [0.1, 0.15) is 40.0 Å². The third-order valence-corrected chi connectivity index (χ3v) is 6.29. The van der Waals surface area contributed by atoms with Gasteiger partial charge in [0.25, 0.3) is 10.2 Å². The van der Waals surface area contributed by atoms with Crippen molar-refractivity contribution in [3.05, 3.63) is 0 Å². The fourth-order valence-electron chi connectivity index (χ4n) is 2.06. The highest BCUT2D eigenvalue weighted by Crippen LogP contribution is 2.26. The number of hydrogen-bond acceptors (Lipinski definition) is 3. The van der Waals surface area contributed by atoms with Crippen LogP contribution in [0.2, 0.25) is 0 Å². The van der Waals surface area contributed by atoms with Gasteiger partial charge in [0.1, 0.15) is 0 Å². The molecule has 0 aliphatic carbocycles. The zero-order valence-corrected chi connectivity index (χ0v) is 12.9. The molecule has 1 aliphatic heterocycles. The lowest BCUT2D eigenvalue weighted by atomic mass is 10.0. The van der Waals surface area contributed by atoms with Gasteiger partial charge in [-0.2, -0.15) is 17.0 Å². The molecule has 0 radical (unpaired) electrons. The number of rotatable bonds is 5. The Labute approximate surface area is 115 Å². The maximum absolute atomic E-state index is 12.5. The molecule has 6 nitrogen and oxygen atoms in total. The van der Waals surface area contributed by atoms with Crippen molar-refractivity contribution in [1.29, 1.82) is 0 Å². The minimum absolute atomic E-state index is 0.0712. The largest absolute Gasteiger partial charge is 0.481 e. The fraction of sp³-hybridized carbons (Fsp3) is 0.917. The Morgan fingerprint density at radius 2 is 2.05 bits per heavy atom. The van der Waals surface area contributed by atoms with E-state index in [2.05, 4.69) is 0 Å². The Morgan fingerprint density at radius 3 is 2.53 bits per heavy atom. The van der Waals surface area contributed by atoms with Gasteiger partial charge >= 0.3 is 5.97 Å². The molecule has 0 aromatic rings. The second-order valence-electron chi connectivity index (χ2n) is 5.68. The Kier molecular flexibility index (Phi) is 4.97. The first kappa shape index (κ1) is 16.4. The van der Waals surface area contributed by atoms with Crippen molar-refractivity contribution < 1.29 is 18.3 Å². The minimum Gasteiger partial charge on any atom is -0.481 e. The second kappa shape index (κ2) is 5.76. The average molecular weight is 292 g/mol. The molecule has 0 aromatic carbocycles. The first-order valence-corrected chi connectivity index (χ1v) is 7.99. The van der Waals surface area contributed by atoms with E-state index in [9.17, 15) is 13.2 Å². The summed E-state index contributed by atoms with van der Waals surface area (Å²) in [6, 6.07) is 0. The molecule has 0 spiro atoms. The zero-order chi connectivity index (χ0) is 14.8. The summed E-state index contributed by atoms with van der Waals surface area (Å²) in [5.41, 5.74) is -0.477. The van der Waals surface area contributed by atoms with E-state index >= 15 is 0 Å². The maximum atomic E-state index is 12.5. The van der Waals surface area contributed by atoms with Gasteiger partial charge in [0, 0.05) is 25.7 Å². The van der Waals surface area contributed by atoms with Gasteiger partial charge in [-0.3, -0.25) is 4.79 Å². The molecule has 0 amide bonds. The van der Waals surface area contributed by atoms with Crippen LogP contribution in [0.15, 0.2) is 0 Å². The molecular formula is C12H24N2O4S.